The highest BCUT2D eigenvalue weighted by molar-refractivity contribution is 6.17. The van der Waals surface area contributed by atoms with Gasteiger partial charge in [-0.1, -0.05) is 13.3 Å². The van der Waals surface area contributed by atoms with Crippen molar-refractivity contribution in [2.75, 3.05) is 12.4 Å². The maximum atomic E-state index is 5.77. The van der Waals surface area contributed by atoms with Gasteiger partial charge in [0.1, 0.15) is 0 Å². The van der Waals surface area contributed by atoms with Gasteiger partial charge in [0, 0.05) is 24.7 Å². The molecule has 0 aliphatic carbocycles. The van der Waals surface area contributed by atoms with E-state index in [1.54, 1.807) is 0 Å². The Morgan fingerprint density at radius 2 is 2.24 bits per heavy atom. The van der Waals surface area contributed by atoms with Crippen molar-refractivity contribution >= 4 is 11.6 Å². The van der Waals surface area contributed by atoms with Gasteiger partial charge in [-0.3, -0.25) is 4.68 Å². The third-order valence-corrected chi connectivity index (χ3v) is 3.24. The SMILES string of the molecule is CCC(CCCl)CNCc1ccn(C(C)C)n1. The van der Waals surface area contributed by atoms with Crippen molar-refractivity contribution in [3.63, 3.8) is 0 Å². The van der Waals surface area contributed by atoms with E-state index in [0.717, 1.165) is 31.1 Å². The monoisotopic (exact) mass is 257 g/mol. The highest BCUT2D eigenvalue weighted by atomic mass is 35.5. The number of nitrogens with one attached hydrogen (secondary N) is 1. The van der Waals surface area contributed by atoms with Gasteiger partial charge in [-0.15, -0.1) is 11.6 Å². The zero-order chi connectivity index (χ0) is 12.7. The molecule has 1 unspecified atom stereocenters. The van der Waals surface area contributed by atoms with Crippen LogP contribution in [0.1, 0.15) is 45.3 Å². The number of halogens is 1. The summed E-state index contributed by atoms with van der Waals surface area (Å²) in [5.41, 5.74) is 1.11. The number of aromatic nitrogens is 2. The third-order valence-electron chi connectivity index (χ3n) is 3.03. The van der Waals surface area contributed by atoms with Gasteiger partial charge in [-0.05, 0) is 38.8 Å². The Balaban J connectivity index is 2.29. The first-order chi connectivity index (χ1) is 8.17. The molecule has 1 heterocycles. The maximum Gasteiger partial charge on any atom is 0.0762 e. The van der Waals surface area contributed by atoms with E-state index >= 15 is 0 Å². The molecule has 1 rings (SSSR count). The average molecular weight is 258 g/mol. The van der Waals surface area contributed by atoms with Gasteiger partial charge in [0.05, 0.1) is 5.69 Å². The zero-order valence-electron chi connectivity index (χ0n) is 11.1. The Morgan fingerprint density at radius 3 is 2.76 bits per heavy atom. The highest BCUT2D eigenvalue weighted by Gasteiger charge is 2.06. The summed E-state index contributed by atoms with van der Waals surface area (Å²) in [7, 11) is 0. The van der Waals surface area contributed by atoms with Crippen LogP contribution in [0.3, 0.4) is 0 Å². The first kappa shape index (κ1) is 14.5. The molecule has 1 N–H and O–H groups in total. The van der Waals surface area contributed by atoms with E-state index in [4.69, 9.17) is 11.6 Å². The second-order valence-electron chi connectivity index (χ2n) is 4.76. The Hall–Kier alpha value is -0.540. The Labute approximate surface area is 110 Å². The van der Waals surface area contributed by atoms with Crippen LogP contribution in [-0.4, -0.2) is 22.2 Å². The summed E-state index contributed by atoms with van der Waals surface area (Å²) in [6, 6.07) is 2.51. The van der Waals surface area contributed by atoms with Crippen LogP contribution in [0.25, 0.3) is 0 Å². The molecule has 0 aromatic carbocycles. The number of alkyl halides is 1. The summed E-state index contributed by atoms with van der Waals surface area (Å²) in [6.07, 6.45) is 4.31. The number of nitrogens with zero attached hydrogens (tertiary/aromatic N) is 2. The van der Waals surface area contributed by atoms with E-state index in [-0.39, 0.29) is 0 Å². The fourth-order valence-corrected chi connectivity index (χ4v) is 2.08. The maximum absolute atomic E-state index is 5.77. The molecule has 1 atom stereocenters. The Kier molecular flexibility index (Phi) is 6.60. The molecule has 0 radical (unpaired) electrons. The fourth-order valence-electron chi connectivity index (χ4n) is 1.77. The van der Waals surface area contributed by atoms with E-state index in [1.165, 1.54) is 6.42 Å². The molecule has 0 saturated carbocycles. The van der Waals surface area contributed by atoms with Crippen LogP contribution < -0.4 is 5.32 Å². The summed E-state index contributed by atoms with van der Waals surface area (Å²) < 4.78 is 1.99. The van der Waals surface area contributed by atoms with Crippen LogP contribution in [0.2, 0.25) is 0 Å². The molecule has 1 aromatic heterocycles. The molecule has 0 bridgehead atoms. The standard InChI is InChI=1S/C13H24ClN3/c1-4-12(5-7-14)9-15-10-13-6-8-17(16-13)11(2)3/h6,8,11-12,15H,4-5,7,9-10H2,1-3H3. The minimum atomic E-state index is 0.434. The number of hydrogen-bond donors (Lipinski definition) is 1. The highest BCUT2D eigenvalue weighted by Crippen LogP contribution is 2.08. The first-order valence-corrected chi connectivity index (χ1v) is 7.01. The van der Waals surface area contributed by atoms with E-state index in [1.807, 2.05) is 10.9 Å². The van der Waals surface area contributed by atoms with Gasteiger partial charge in [0.2, 0.25) is 0 Å². The van der Waals surface area contributed by atoms with E-state index < -0.39 is 0 Å². The second kappa shape index (κ2) is 7.72. The van der Waals surface area contributed by atoms with Crippen molar-refractivity contribution in [1.82, 2.24) is 15.1 Å². The van der Waals surface area contributed by atoms with Gasteiger partial charge in [0.25, 0.3) is 0 Å². The smallest absolute Gasteiger partial charge is 0.0762 e. The molecule has 3 nitrogen and oxygen atoms in total. The van der Waals surface area contributed by atoms with Gasteiger partial charge in [-0.2, -0.15) is 5.10 Å². The molecule has 0 fully saturated rings. The quantitative estimate of drug-likeness (QED) is 0.725. The van der Waals surface area contributed by atoms with Crippen molar-refractivity contribution in [2.24, 2.45) is 5.92 Å². The zero-order valence-corrected chi connectivity index (χ0v) is 11.9. The molecule has 0 saturated heterocycles. The van der Waals surface area contributed by atoms with Crippen molar-refractivity contribution in [1.29, 1.82) is 0 Å². The Morgan fingerprint density at radius 1 is 1.47 bits per heavy atom. The number of rotatable bonds is 8. The third kappa shape index (κ3) is 5.09. The summed E-state index contributed by atoms with van der Waals surface area (Å²) in [5, 5.41) is 7.96. The molecule has 0 aliphatic heterocycles. The van der Waals surface area contributed by atoms with E-state index in [2.05, 4.69) is 37.3 Å². The van der Waals surface area contributed by atoms with Crippen molar-refractivity contribution < 1.29 is 0 Å². The first-order valence-electron chi connectivity index (χ1n) is 6.48. The van der Waals surface area contributed by atoms with Crippen molar-refractivity contribution in [3.8, 4) is 0 Å². The molecule has 0 aliphatic rings. The lowest BCUT2D eigenvalue weighted by atomic mass is 10.0. The average Bonchev–Trinajstić information content (AvgIpc) is 2.77. The largest absolute Gasteiger partial charge is 0.311 e. The topological polar surface area (TPSA) is 29.9 Å². The Bertz CT molecular complexity index is 309. The van der Waals surface area contributed by atoms with Crippen molar-refractivity contribution in [2.45, 2.75) is 46.2 Å². The fraction of sp³-hybridized carbons (Fsp3) is 0.769. The molecule has 0 amide bonds. The van der Waals surface area contributed by atoms with Crippen LogP contribution in [0, 0.1) is 5.92 Å². The number of hydrogen-bond acceptors (Lipinski definition) is 2. The summed E-state index contributed by atoms with van der Waals surface area (Å²) in [4.78, 5) is 0. The van der Waals surface area contributed by atoms with Crippen LogP contribution >= 0.6 is 11.6 Å². The van der Waals surface area contributed by atoms with Gasteiger partial charge >= 0.3 is 0 Å². The predicted molar refractivity (Wildman–Crippen MR) is 73.4 cm³/mol. The second-order valence-corrected chi connectivity index (χ2v) is 5.14. The van der Waals surface area contributed by atoms with Crippen LogP contribution in [0.5, 0.6) is 0 Å². The summed E-state index contributed by atoms with van der Waals surface area (Å²) in [5.74, 6) is 1.43. The molecular weight excluding hydrogens is 234 g/mol. The lowest BCUT2D eigenvalue weighted by Gasteiger charge is -2.13. The molecule has 4 heteroatoms. The van der Waals surface area contributed by atoms with Gasteiger partial charge < -0.3 is 5.32 Å². The van der Waals surface area contributed by atoms with Gasteiger partial charge in [-0.25, -0.2) is 0 Å². The minimum Gasteiger partial charge on any atom is -0.311 e. The molecule has 0 spiro atoms. The molecule has 1 aromatic rings. The molecular formula is C13H24ClN3. The lowest BCUT2D eigenvalue weighted by molar-refractivity contribution is 0.447. The van der Waals surface area contributed by atoms with Crippen LogP contribution in [0.15, 0.2) is 12.3 Å². The van der Waals surface area contributed by atoms with Crippen LogP contribution in [-0.2, 0) is 6.54 Å². The lowest BCUT2D eigenvalue weighted by Crippen LogP contribution is -2.22. The van der Waals surface area contributed by atoms with Crippen molar-refractivity contribution in [3.05, 3.63) is 18.0 Å². The molecule has 17 heavy (non-hydrogen) atoms. The summed E-state index contributed by atoms with van der Waals surface area (Å²) >= 11 is 5.77. The van der Waals surface area contributed by atoms with Crippen LogP contribution in [0.4, 0.5) is 0 Å². The molecule has 98 valence electrons. The van der Waals surface area contributed by atoms with Gasteiger partial charge in [0.15, 0.2) is 0 Å². The normalized spacial score (nSPS) is 13.2. The minimum absolute atomic E-state index is 0.434. The summed E-state index contributed by atoms with van der Waals surface area (Å²) in [6.45, 7) is 8.36. The predicted octanol–water partition coefficient (Wildman–Crippen LogP) is 3.21. The van der Waals surface area contributed by atoms with E-state index in [0.29, 0.717) is 12.0 Å². The van der Waals surface area contributed by atoms with E-state index in [9.17, 15) is 0 Å².